The van der Waals surface area contributed by atoms with Crippen LogP contribution in [0.4, 0.5) is 0 Å². The zero-order chi connectivity index (χ0) is 10.6. The minimum Gasteiger partial charge on any atom is -0.424 e. The van der Waals surface area contributed by atoms with Crippen LogP contribution in [-0.4, -0.2) is 11.1 Å². The minimum atomic E-state index is -3.49. The molecule has 0 aromatic heterocycles. The second-order valence-electron chi connectivity index (χ2n) is 2.86. The number of hydrogen-bond donors (Lipinski definition) is 2. The Morgan fingerprint density at radius 3 is 2.71 bits per heavy atom. The first-order valence-corrected chi connectivity index (χ1v) is 6.14. The van der Waals surface area contributed by atoms with Crippen molar-refractivity contribution in [1.29, 1.82) is 0 Å². The average Bonchev–Trinajstić information content (AvgIpc) is 2.18. The molecule has 3 N–H and O–H groups in total. The summed E-state index contributed by atoms with van der Waals surface area (Å²) < 4.78 is 16.3. The lowest BCUT2D eigenvalue weighted by Crippen LogP contribution is -2.01. The molecule has 0 saturated carbocycles. The highest BCUT2D eigenvalue weighted by Crippen LogP contribution is 2.42. The zero-order valence-corrected chi connectivity index (χ0v) is 8.91. The maximum absolute atomic E-state index is 11.3. The van der Waals surface area contributed by atoms with Gasteiger partial charge < -0.3 is 15.2 Å². The largest absolute Gasteiger partial charge is 0.424 e. The van der Waals surface area contributed by atoms with Crippen LogP contribution in [0.1, 0.15) is 12.5 Å². The highest BCUT2D eigenvalue weighted by molar-refractivity contribution is 7.53. The molecular weight excluding hydrogens is 201 g/mol. The fourth-order valence-corrected chi connectivity index (χ4v) is 1.59. The second kappa shape index (κ2) is 4.60. The molecule has 1 atom stereocenters. The summed E-state index contributed by atoms with van der Waals surface area (Å²) in [5, 5.41) is 0. The van der Waals surface area contributed by atoms with Gasteiger partial charge in [0.15, 0.2) is 0 Å². The quantitative estimate of drug-likeness (QED) is 0.750. The van der Waals surface area contributed by atoms with E-state index in [1.807, 2.05) is 6.07 Å². The van der Waals surface area contributed by atoms with Crippen LogP contribution < -0.4 is 10.3 Å². The summed E-state index contributed by atoms with van der Waals surface area (Å²) in [5.41, 5.74) is 6.19. The Labute approximate surface area is 83.2 Å². The van der Waals surface area contributed by atoms with E-state index in [9.17, 15) is 9.46 Å². The van der Waals surface area contributed by atoms with Crippen LogP contribution in [0.2, 0.25) is 0 Å². The van der Waals surface area contributed by atoms with E-state index in [1.165, 1.54) is 0 Å². The highest BCUT2D eigenvalue weighted by atomic mass is 31.2. The fourth-order valence-electron chi connectivity index (χ4n) is 0.980. The Morgan fingerprint density at radius 2 is 2.14 bits per heavy atom. The lowest BCUT2D eigenvalue weighted by Gasteiger charge is -2.13. The van der Waals surface area contributed by atoms with Gasteiger partial charge in [-0.3, -0.25) is 0 Å². The molecule has 0 aliphatic heterocycles. The number of para-hydroxylation sites is 1. The standard InChI is InChI=1S/C9H14NO3P/c1-2-14(11,12)13-9-6-4-3-5-8(9)7-10/h3-6H,2,7,10H2,1H3,(H,11,12). The molecule has 78 valence electrons. The third-order valence-electron chi connectivity index (χ3n) is 1.83. The lowest BCUT2D eigenvalue weighted by molar-refractivity contribution is 0.379. The van der Waals surface area contributed by atoms with Gasteiger partial charge >= 0.3 is 7.60 Å². The normalized spacial score (nSPS) is 14.8. The predicted octanol–water partition coefficient (Wildman–Crippen LogP) is 1.73. The number of rotatable bonds is 4. The SMILES string of the molecule is CCP(=O)(O)Oc1ccccc1CN. The summed E-state index contributed by atoms with van der Waals surface area (Å²) in [6, 6.07) is 6.96. The van der Waals surface area contributed by atoms with E-state index in [0.29, 0.717) is 12.3 Å². The van der Waals surface area contributed by atoms with Gasteiger partial charge in [0.05, 0.1) is 6.16 Å². The fraction of sp³-hybridized carbons (Fsp3) is 0.333. The molecule has 0 amide bonds. The van der Waals surface area contributed by atoms with Gasteiger partial charge in [-0.1, -0.05) is 25.1 Å². The third kappa shape index (κ3) is 2.84. The van der Waals surface area contributed by atoms with Crippen LogP contribution in [0.3, 0.4) is 0 Å². The maximum Gasteiger partial charge on any atom is 0.376 e. The first-order valence-electron chi connectivity index (χ1n) is 4.38. The average molecular weight is 215 g/mol. The molecule has 0 radical (unpaired) electrons. The smallest absolute Gasteiger partial charge is 0.376 e. The topological polar surface area (TPSA) is 72.5 Å². The Morgan fingerprint density at radius 1 is 1.50 bits per heavy atom. The van der Waals surface area contributed by atoms with Crippen molar-refractivity contribution in [3.63, 3.8) is 0 Å². The molecule has 1 rings (SSSR count). The molecule has 14 heavy (non-hydrogen) atoms. The lowest BCUT2D eigenvalue weighted by atomic mass is 10.2. The summed E-state index contributed by atoms with van der Waals surface area (Å²) in [6.45, 7) is 1.89. The molecule has 0 spiro atoms. The van der Waals surface area contributed by atoms with Crippen molar-refractivity contribution < 1.29 is 14.0 Å². The van der Waals surface area contributed by atoms with Crippen LogP contribution in [-0.2, 0) is 11.1 Å². The van der Waals surface area contributed by atoms with E-state index in [2.05, 4.69) is 0 Å². The minimum absolute atomic E-state index is 0.0892. The van der Waals surface area contributed by atoms with E-state index in [1.54, 1.807) is 25.1 Å². The molecule has 1 aromatic rings. The molecule has 0 aliphatic carbocycles. The van der Waals surface area contributed by atoms with Crippen molar-refractivity contribution in [2.45, 2.75) is 13.5 Å². The summed E-state index contributed by atoms with van der Waals surface area (Å²) in [5.74, 6) is 0.391. The summed E-state index contributed by atoms with van der Waals surface area (Å²) >= 11 is 0. The number of benzene rings is 1. The predicted molar refractivity (Wildman–Crippen MR) is 55.3 cm³/mol. The van der Waals surface area contributed by atoms with Crippen LogP contribution >= 0.6 is 7.60 Å². The zero-order valence-electron chi connectivity index (χ0n) is 8.01. The van der Waals surface area contributed by atoms with Gasteiger partial charge in [-0.05, 0) is 6.07 Å². The Kier molecular flexibility index (Phi) is 3.69. The van der Waals surface area contributed by atoms with Gasteiger partial charge in [-0.15, -0.1) is 0 Å². The Hall–Kier alpha value is -0.830. The van der Waals surface area contributed by atoms with E-state index >= 15 is 0 Å². The summed E-state index contributed by atoms with van der Waals surface area (Å²) in [7, 11) is -3.49. The Balaban J connectivity index is 2.91. The van der Waals surface area contributed by atoms with Crippen molar-refractivity contribution in [3.05, 3.63) is 29.8 Å². The molecule has 0 heterocycles. The van der Waals surface area contributed by atoms with Crippen molar-refractivity contribution in [2.75, 3.05) is 6.16 Å². The Bertz CT molecular complexity index is 354. The number of nitrogens with two attached hydrogens (primary N) is 1. The molecule has 0 fully saturated rings. The van der Waals surface area contributed by atoms with Crippen molar-refractivity contribution >= 4 is 7.60 Å². The monoisotopic (exact) mass is 215 g/mol. The first kappa shape index (κ1) is 11.2. The molecule has 4 nitrogen and oxygen atoms in total. The maximum atomic E-state index is 11.3. The molecule has 5 heteroatoms. The number of hydrogen-bond acceptors (Lipinski definition) is 3. The third-order valence-corrected chi connectivity index (χ3v) is 3.11. The molecule has 0 saturated heterocycles. The second-order valence-corrected chi connectivity index (χ2v) is 4.95. The van der Waals surface area contributed by atoms with Crippen LogP contribution in [0.15, 0.2) is 24.3 Å². The van der Waals surface area contributed by atoms with Crippen LogP contribution in [0.25, 0.3) is 0 Å². The molecule has 1 aromatic carbocycles. The molecule has 0 aliphatic rings. The van der Waals surface area contributed by atoms with Gasteiger partial charge in [-0.25, -0.2) is 4.57 Å². The van der Waals surface area contributed by atoms with Gasteiger partial charge in [0, 0.05) is 12.1 Å². The highest BCUT2D eigenvalue weighted by Gasteiger charge is 2.18. The van der Waals surface area contributed by atoms with Gasteiger partial charge in [0.25, 0.3) is 0 Å². The van der Waals surface area contributed by atoms with E-state index < -0.39 is 7.60 Å². The first-order chi connectivity index (χ1) is 6.59. The van der Waals surface area contributed by atoms with Crippen molar-refractivity contribution in [3.8, 4) is 5.75 Å². The van der Waals surface area contributed by atoms with Gasteiger partial charge in [-0.2, -0.15) is 0 Å². The van der Waals surface area contributed by atoms with Gasteiger partial charge in [0.1, 0.15) is 5.75 Å². The van der Waals surface area contributed by atoms with Crippen molar-refractivity contribution in [1.82, 2.24) is 0 Å². The van der Waals surface area contributed by atoms with E-state index in [-0.39, 0.29) is 6.16 Å². The summed E-state index contributed by atoms with van der Waals surface area (Å²) in [4.78, 5) is 9.29. The van der Waals surface area contributed by atoms with Gasteiger partial charge in [0.2, 0.25) is 0 Å². The molecule has 1 unspecified atom stereocenters. The van der Waals surface area contributed by atoms with E-state index in [0.717, 1.165) is 5.56 Å². The van der Waals surface area contributed by atoms with Crippen molar-refractivity contribution in [2.24, 2.45) is 5.73 Å². The molecule has 0 bridgehead atoms. The van der Waals surface area contributed by atoms with Crippen LogP contribution in [0, 0.1) is 0 Å². The summed E-state index contributed by atoms with van der Waals surface area (Å²) in [6.07, 6.45) is 0.0892. The van der Waals surface area contributed by atoms with Crippen LogP contribution in [0.5, 0.6) is 5.75 Å². The van der Waals surface area contributed by atoms with E-state index in [4.69, 9.17) is 10.3 Å². The molecular formula is C9H14NO3P.